The molecule has 3 heterocycles. The van der Waals surface area contributed by atoms with Crippen LogP contribution >= 0.6 is 0 Å². The van der Waals surface area contributed by atoms with Crippen molar-refractivity contribution in [3.8, 4) is 39.5 Å². The summed E-state index contributed by atoms with van der Waals surface area (Å²) in [5, 5.41) is 11.9. The summed E-state index contributed by atoms with van der Waals surface area (Å²) in [4.78, 5) is 4.76. The van der Waals surface area contributed by atoms with Crippen molar-refractivity contribution >= 4 is 0 Å². The van der Waals surface area contributed by atoms with Crippen LogP contribution in [0.4, 0.5) is 0 Å². The number of pyridine rings is 1. The van der Waals surface area contributed by atoms with Crippen molar-refractivity contribution in [1.29, 1.82) is 0 Å². The van der Waals surface area contributed by atoms with Crippen LogP contribution in [-0.2, 0) is 35.9 Å². The van der Waals surface area contributed by atoms with Gasteiger partial charge >= 0.3 is 0 Å². The van der Waals surface area contributed by atoms with Crippen LogP contribution in [0.2, 0.25) is 0 Å². The summed E-state index contributed by atoms with van der Waals surface area (Å²) in [5.74, 6) is 1.70. The van der Waals surface area contributed by atoms with Crippen molar-refractivity contribution in [2.45, 2.75) is 60.0 Å². The predicted octanol–water partition coefficient (Wildman–Crippen LogP) is 7.34. The van der Waals surface area contributed by atoms with E-state index < -0.39 is 0 Å². The molecular formula is C34H35NO5. The zero-order valence-electron chi connectivity index (χ0n) is 23.4. The summed E-state index contributed by atoms with van der Waals surface area (Å²) in [6, 6.07) is 18.4. The van der Waals surface area contributed by atoms with E-state index in [4.69, 9.17) is 23.9 Å². The van der Waals surface area contributed by atoms with Crippen LogP contribution in [0.15, 0.2) is 54.6 Å². The minimum absolute atomic E-state index is 0.204. The van der Waals surface area contributed by atoms with Gasteiger partial charge in [0, 0.05) is 33.4 Å². The van der Waals surface area contributed by atoms with Crippen LogP contribution in [0, 0.1) is 20.8 Å². The summed E-state index contributed by atoms with van der Waals surface area (Å²) < 4.78 is 25.3. The Balaban J connectivity index is 1.62. The van der Waals surface area contributed by atoms with Crippen LogP contribution < -0.4 is 9.47 Å². The van der Waals surface area contributed by atoms with E-state index in [0.717, 1.165) is 85.8 Å². The van der Waals surface area contributed by atoms with Gasteiger partial charge in [-0.2, -0.15) is 0 Å². The molecule has 2 aliphatic heterocycles. The fraction of sp³-hybridized carbons (Fsp3) is 0.324. The van der Waals surface area contributed by atoms with Gasteiger partial charge < -0.3 is 24.1 Å². The van der Waals surface area contributed by atoms with Crippen LogP contribution in [0.5, 0.6) is 17.2 Å². The van der Waals surface area contributed by atoms with Gasteiger partial charge in [0.25, 0.3) is 0 Å². The molecule has 2 aliphatic rings. The lowest BCUT2D eigenvalue weighted by molar-refractivity contribution is 0.0961. The molecule has 0 atom stereocenters. The average Bonchev–Trinajstić information content (AvgIpc) is 2.93. The van der Waals surface area contributed by atoms with Crippen LogP contribution in [0.25, 0.3) is 22.3 Å². The Labute approximate surface area is 235 Å². The summed E-state index contributed by atoms with van der Waals surface area (Å²) in [6.45, 7) is 8.71. The van der Waals surface area contributed by atoms with Crippen LogP contribution in [0.3, 0.4) is 0 Å². The van der Waals surface area contributed by atoms with Gasteiger partial charge in [0.1, 0.15) is 17.2 Å². The number of benzene rings is 3. The number of aryl methyl sites for hydroxylation is 3. The van der Waals surface area contributed by atoms with E-state index in [-0.39, 0.29) is 5.75 Å². The molecule has 3 aromatic carbocycles. The maximum Gasteiger partial charge on any atom is 0.132 e. The molecule has 0 amide bonds. The zero-order chi connectivity index (χ0) is 27.6. The molecule has 6 nitrogen and oxygen atoms in total. The van der Waals surface area contributed by atoms with Gasteiger partial charge in [0.05, 0.1) is 51.0 Å². The number of aromatic hydroxyl groups is 1. The van der Waals surface area contributed by atoms with E-state index in [0.29, 0.717) is 39.6 Å². The van der Waals surface area contributed by atoms with E-state index >= 15 is 0 Å². The molecular weight excluding hydrogens is 502 g/mol. The Morgan fingerprint density at radius 1 is 0.600 bits per heavy atom. The minimum Gasteiger partial charge on any atom is -0.507 e. The molecule has 0 fully saturated rings. The molecule has 40 heavy (non-hydrogen) atoms. The molecule has 0 radical (unpaired) electrons. The fourth-order valence-corrected chi connectivity index (χ4v) is 5.62. The highest BCUT2D eigenvalue weighted by molar-refractivity contribution is 5.88. The molecule has 0 saturated carbocycles. The number of rotatable bonds is 0. The Hall–Kier alpha value is -3.87. The number of phenols is 1. The van der Waals surface area contributed by atoms with E-state index in [1.165, 1.54) is 0 Å². The Morgan fingerprint density at radius 2 is 1.05 bits per heavy atom. The second-order valence-electron chi connectivity index (χ2n) is 10.8. The topological polar surface area (TPSA) is 70.0 Å². The smallest absolute Gasteiger partial charge is 0.132 e. The van der Waals surface area contributed by atoms with Crippen molar-refractivity contribution in [2.24, 2.45) is 0 Å². The highest BCUT2D eigenvalue weighted by Crippen LogP contribution is 2.47. The molecule has 10 bridgehead atoms. The second kappa shape index (κ2) is 11.3. The van der Waals surface area contributed by atoms with Gasteiger partial charge in [-0.05, 0) is 86.7 Å². The SMILES string of the molecule is Cc1cc2c(O)c(c1)-c1cc(C)cc3c1OCCCCOc1c(cc(C)cc1-2)COCc1cccc(n1)COC3. The molecule has 206 valence electrons. The molecule has 6 rings (SSSR count). The minimum atomic E-state index is 0.204. The normalized spacial score (nSPS) is 15.4. The molecule has 0 spiro atoms. The van der Waals surface area contributed by atoms with Crippen molar-refractivity contribution in [3.63, 3.8) is 0 Å². The number of ether oxygens (including phenoxy) is 4. The van der Waals surface area contributed by atoms with Crippen molar-refractivity contribution < 1.29 is 24.1 Å². The first kappa shape index (κ1) is 26.4. The molecule has 0 saturated heterocycles. The fourth-order valence-electron chi connectivity index (χ4n) is 5.62. The van der Waals surface area contributed by atoms with Crippen LogP contribution in [-0.4, -0.2) is 23.3 Å². The maximum atomic E-state index is 11.9. The first-order valence-electron chi connectivity index (χ1n) is 13.9. The maximum absolute atomic E-state index is 11.9. The van der Waals surface area contributed by atoms with E-state index in [1.54, 1.807) is 0 Å². The third-order valence-corrected chi connectivity index (χ3v) is 7.37. The van der Waals surface area contributed by atoms with E-state index in [2.05, 4.69) is 45.0 Å². The Morgan fingerprint density at radius 3 is 1.55 bits per heavy atom. The summed E-state index contributed by atoms with van der Waals surface area (Å²) in [7, 11) is 0. The summed E-state index contributed by atoms with van der Waals surface area (Å²) >= 11 is 0. The number of hydrogen-bond acceptors (Lipinski definition) is 6. The lowest BCUT2D eigenvalue weighted by Gasteiger charge is -2.21. The Kier molecular flexibility index (Phi) is 7.46. The number of hydrogen-bond donors (Lipinski definition) is 1. The number of aromatic nitrogens is 1. The standard InChI is InChI=1S/C34H35NO5/c1-21-11-24-17-37-19-26-7-6-8-27(35-26)20-38-18-25-12-22(2)16-31-29-14-23(3)13-28(32(29)36)30(15-21)33(24)39-9-4-5-10-40-34(25)31/h6-8,11-16,36H,4-5,9-10,17-20H2,1-3H3. The highest BCUT2D eigenvalue weighted by atomic mass is 16.5. The zero-order valence-corrected chi connectivity index (χ0v) is 23.4. The molecule has 0 unspecified atom stereocenters. The molecule has 6 heteroatoms. The molecule has 1 aromatic heterocycles. The molecule has 1 N–H and O–H groups in total. The van der Waals surface area contributed by atoms with Gasteiger partial charge in [-0.15, -0.1) is 0 Å². The lowest BCUT2D eigenvalue weighted by atomic mass is 9.90. The predicted molar refractivity (Wildman–Crippen MR) is 155 cm³/mol. The Bertz CT molecular complexity index is 1450. The van der Waals surface area contributed by atoms with Gasteiger partial charge in [0.2, 0.25) is 0 Å². The van der Waals surface area contributed by atoms with Crippen molar-refractivity contribution in [1.82, 2.24) is 4.98 Å². The largest absolute Gasteiger partial charge is 0.507 e. The lowest BCUT2D eigenvalue weighted by Crippen LogP contribution is -2.07. The first-order valence-corrected chi connectivity index (χ1v) is 13.9. The highest BCUT2D eigenvalue weighted by Gasteiger charge is 2.23. The first-order chi connectivity index (χ1) is 19.5. The number of nitrogens with zero attached hydrogens (tertiary/aromatic N) is 1. The van der Waals surface area contributed by atoms with Gasteiger partial charge in [0.15, 0.2) is 0 Å². The third-order valence-electron chi connectivity index (χ3n) is 7.37. The van der Waals surface area contributed by atoms with Gasteiger partial charge in [-0.25, -0.2) is 0 Å². The monoisotopic (exact) mass is 537 g/mol. The van der Waals surface area contributed by atoms with Gasteiger partial charge in [-0.3, -0.25) is 4.98 Å². The number of phenolic OH excluding ortho intramolecular Hbond substituents is 1. The number of fused-ring (bicyclic) bond motifs is 2. The van der Waals surface area contributed by atoms with Crippen molar-refractivity contribution in [2.75, 3.05) is 13.2 Å². The van der Waals surface area contributed by atoms with E-state index in [1.807, 2.05) is 30.3 Å². The average molecular weight is 538 g/mol. The second-order valence-corrected chi connectivity index (χ2v) is 10.8. The van der Waals surface area contributed by atoms with Gasteiger partial charge in [-0.1, -0.05) is 18.2 Å². The third kappa shape index (κ3) is 5.42. The molecule has 0 aliphatic carbocycles. The summed E-state index contributed by atoms with van der Waals surface area (Å²) in [6.07, 6.45) is 1.66. The summed E-state index contributed by atoms with van der Waals surface area (Å²) in [5.41, 5.74) is 9.95. The van der Waals surface area contributed by atoms with Crippen LogP contribution in [0.1, 0.15) is 52.0 Å². The quantitative estimate of drug-likeness (QED) is 0.253. The van der Waals surface area contributed by atoms with Crippen molar-refractivity contribution in [3.05, 3.63) is 93.8 Å². The van der Waals surface area contributed by atoms with E-state index in [9.17, 15) is 5.11 Å². The molecule has 4 aromatic rings.